The number of pyridine rings is 1. The fourth-order valence-corrected chi connectivity index (χ4v) is 2.42. The summed E-state index contributed by atoms with van der Waals surface area (Å²) >= 11 is 5.24. The summed E-state index contributed by atoms with van der Waals surface area (Å²) in [4.78, 5) is 11.6. The maximum absolute atomic E-state index is 11.6. The van der Waals surface area contributed by atoms with Gasteiger partial charge in [-0.2, -0.15) is 11.8 Å². The highest BCUT2D eigenvalue weighted by Gasteiger charge is 2.00. The molecule has 0 unspecified atom stereocenters. The van der Waals surface area contributed by atoms with Gasteiger partial charge in [-0.3, -0.25) is 4.79 Å². The zero-order chi connectivity index (χ0) is 10.6. The molecule has 0 saturated carbocycles. The number of halogens is 1. The Bertz CT molecular complexity index is 362. The molecule has 0 aliphatic rings. The highest BCUT2D eigenvalue weighted by Crippen LogP contribution is 2.08. The number of aryl methyl sites for hydroxylation is 2. The van der Waals surface area contributed by atoms with Crippen LogP contribution in [0.3, 0.4) is 0 Å². The van der Waals surface area contributed by atoms with Crippen LogP contribution in [-0.2, 0) is 6.54 Å². The van der Waals surface area contributed by atoms with E-state index >= 15 is 0 Å². The van der Waals surface area contributed by atoms with Crippen LogP contribution in [0.2, 0.25) is 0 Å². The van der Waals surface area contributed by atoms with Gasteiger partial charge in [-0.15, -0.1) is 0 Å². The summed E-state index contributed by atoms with van der Waals surface area (Å²) in [5.41, 5.74) is 0.908. The van der Waals surface area contributed by atoms with Crippen molar-refractivity contribution >= 4 is 27.7 Å². The molecule has 0 saturated heterocycles. The van der Waals surface area contributed by atoms with Crippen molar-refractivity contribution in [2.75, 3.05) is 11.5 Å². The largest absolute Gasteiger partial charge is 0.313 e. The monoisotopic (exact) mass is 275 g/mol. The molecular formula is C10H14BrNOS. The Morgan fingerprint density at radius 3 is 2.93 bits per heavy atom. The average Bonchev–Trinajstić information content (AvgIpc) is 2.13. The molecule has 0 aliphatic carbocycles. The zero-order valence-electron chi connectivity index (χ0n) is 8.42. The maximum atomic E-state index is 11.6. The second kappa shape index (κ2) is 5.61. The fraction of sp³-hybridized carbons (Fsp3) is 0.500. The Balaban J connectivity index is 2.81. The van der Waals surface area contributed by atoms with E-state index in [0.717, 1.165) is 28.1 Å². The molecule has 1 aromatic rings. The van der Waals surface area contributed by atoms with E-state index in [1.165, 1.54) is 0 Å². The quantitative estimate of drug-likeness (QED) is 0.789. The van der Waals surface area contributed by atoms with Gasteiger partial charge in [0.05, 0.1) is 0 Å². The first-order valence-electron chi connectivity index (χ1n) is 4.59. The van der Waals surface area contributed by atoms with E-state index in [0.29, 0.717) is 0 Å². The van der Waals surface area contributed by atoms with E-state index in [-0.39, 0.29) is 5.56 Å². The summed E-state index contributed by atoms with van der Waals surface area (Å²) in [6.07, 6.45) is 1.85. The molecule has 0 radical (unpaired) electrons. The van der Waals surface area contributed by atoms with Crippen molar-refractivity contribution in [1.29, 1.82) is 0 Å². The number of thioether (sulfide) groups is 1. The summed E-state index contributed by atoms with van der Waals surface area (Å²) < 4.78 is 2.73. The van der Waals surface area contributed by atoms with Gasteiger partial charge in [0.15, 0.2) is 0 Å². The molecule has 0 spiro atoms. The molecule has 2 nitrogen and oxygen atoms in total. The second-order valence-corrected chi connectivity index (χ2v) is 5.35. The van der Waals surface area contributed by atoms with Crippen LogP contribution in [0.4, 0.5) is 0 Å². The van der Waals surface area contributed by atoms with Gasteiger partial charge in [-0.1, -0.05) is 6.92 Å². The molecule has 0 aromatic carbocycles. The standard InChI is InChI=1S/C10H14BrNOS/c1-3-14-5-4-12-7-9(11)6-8(2)10(12)13/h6-7H,3-5H2,1-2H3. The lowest BCUT2D eigenvalue weighted by Crippen LogP contribution is -2.22. The molecule has 4 heteroatoms. The van der Waals surface area contributed by atoms with Gasteiger partial charge in [-0.25, -0.2) is 0 Å². The molecule has 1 rings (SSSR count). The molecule has 1 aromatic heterocycles. The molecule has 0 atom stereocenters. The summed E-state index contributed by atoms with van der Waals surface area (Å²) in [7, 11) is 0. The minimum Gasteiger partial charge on any atom is -0.313 e. The third-order valence-electron chi connectivity index (χ3n) is 1.91. The molecule has 78 valence electrons. The summed E-state index contributed by atoms with van der Waals surface area (Å²) in [6.45, 7) is 4.76. The van der Waals surface area contributed by atoms with Crippen LogP contribution in [-0.4, -0.2) is 16.1 Å². The average molecular weight is 276 g/mol. The normalized spacial score (nSPS) is 10.5. The van der Waals surface area contributed by atoms with E-state index in [1.807, 2.05) is 30.9 Å². The molecule has 14 heavy (non-hydrogen) atoms. The van der Waals surface area contributed by atoms with Gasteiger partial charge in [0.25, 0.3) is 5.56 Å². The van der Waals surface area contributed by atoms with E-state index < -0.39 is 0 Å². The predicted octanol–water partition coefficient (Wildman–Crippen LogP) is 2.67. The number of hydrogen-bond donors (Lipinski definition) is 0. The van der Waals surface area contributed by atoms with Crippen molar-refractivity contribution in [3.63, 3.8) is 0 Å². The molecule has 0 amide bonds. The maximum Gasteiger partial charge on any atom is 0.253 e. The van der Waals surface area contributed by atoms with Gasteiger partial charge >= 0.3 is 0 Å². The van der Waals surface area contributed by atoms with Crippen molar-refractivity contribution in [1.82, 2.24) is 4.57 Å². The fourth-order valence-electron chi connectivity index (χ4n) is 1.21. The third-order valence-corrected chi connectivity index (χ3v) is 3.23. The van der Waals surface area contributed by atoms with E-state index in [1.54, 1.807) is 4.57 Å². The van der Waals surface area contributed by atoms with E-state index in [2.05, 4.69) is 22.9 Å². The summed E-state index contributed by atoms with van der Waals surface area (Å²) in [5.74, 6) is 2.09. The van der Waals surface area contributed by atoms with Crippen LogP contribution >= 0.6 is 27.7 Å². The van der Waals surface area contributed by atoms with Crippen molar-refractivity contribution in [3.05, 3.63) is 32.7 Å². The van der Waals surface area contributed by atoms with Crippen LogP contribution in [0.15, 0.2) is 21.5 Å². The number of hydrogen-bond acceptors (Lipinski definition) is 2. The van der Waals surface area contributed by atoms with Crippen LogP contribution in [0.1, 0.15) is 12.5 Å². The first-order chi connectivity index (χ1) is 6.65. The Hall–Kier alpha value is -0.220. The molecule has 0 N–H and O–H groups in total. The Morgan fingerprint density at radius 1 is 1.57 bits per heavy atom. The molecule has 0 bridgehead atoms. The molecular weight excluding hydrogens is 262 g/mol. The second-order valence-electron chi connectivity index (χ2n) is 3.04. The van der Waals surface area contributed by atoms with Gasteiger partial charge in [0.1, 0.15) is 0 Å². The van der Waals surface area contributed by atoms with Crippen LogP contribution in [0.5, 0.6) is 0 Å². The van der Waals surface area contributed by atoms with Gasteiger partial charge in [0.2, 0.25) is 0 Å². The summed E-state index contributed by atoms with van der Waals surface area (Å²) in [5, 5.41) is 0. The minimum absolute atomic E-state index is 0.116. The minimum atomic E-state index is 0.116. The first-order valence-corrected chi connectivity index (χ1v) is 6.54. The SMILES string of the molecule is CCSCCn1cc(Br)cc(C)c1=O. The van der Waals surface area contributed by atoms with Gasteiger partial charge in [-0.05, 0) is 34.7 Å². The van der Waals surface area contributed by atoms with E-state index in [4.69, 9.17) is 0 Å². The van der Waals surface area contributed by atoms with Crippen molar-refractivity contribution in [2.24, 2.45) is 0 Å². The summed E-state index contributed by atoms with van der Waals surface area (Å²) in [6, 6.07) is 1.85. The van der Waals surface area contributed by atoms with Gasteiger partial charge < -0.3 is 4.57 Å². The number of rotatable bonds is 4. The van der Waals surface area contributed by atoms with Crippen molar-refractivity contribution in [2.45, 2.75) is 20.4 Å². The molecule has 0 aliphatic heterocycles. The van der Waals surface area contributed by atoms with Crippen molar-refractivity contribution < 1.29 is 0 Å². The third kappa shape index (κ3) is 3.17. The molecule has 1 heterocycles. The lowest BCUT2D eigenvalue weighted by atomic mass is 10.3. The Kier molecular flexibility index (Phi) is 4.75. The molecule has 0 fully saturated rings. The van der Waals surface area contributed by atoms with Crippen LogP contribution in [0.25, 0.3) is 0 Å². The van der Waals surface area contributed by atoms with Gasteiger partial charge in [0, 0.05) is 28.5 Å². The van der Waals surface area contributed by atoms with Crippen LogP contribution < -0.4 is 5.56 Å². The number of nitrogens with zero attached hydrogens (tertiary/aromatic N) is 1. The van der Waals surface area contributed by atoms with E-state index in [9.17, 15) is 4.79 Å². The highest BCUT2D eigenvalue weighted by molar-refractivity contribution is 9.10. The number of aromatic nitrogens is 1. The highest BCUT2D eigenvalue weighted by atomic mass is 79.9. The smallest absolute Gasteiger partial charge is 0.253 e. The van der Waals surface area contributed by atoms with Crippen molar-refractivity contribution in [3.8, 4) is 0 Å². The lowest BCUT2D eigenvalue weighted by Gasteiger charge is -2.06. The predicted molar refractivity (Wildman–Crippen MR) is 66.1 cm³/mol. The Morgan fingerprint density at radius 2 is 2.29 bits per heavy atom. The Labute approximate surface area is 96.8 Å². The first kappa shape index (κ1) is 11.9. The lowest BCUT2D eigenvalue weighted by molar-refractivity contribution is 0.726. The zero-order valence-corrected chi connectivity index (χ0v) is 10.8. The topological polar surface area (TPSA) is 22.0 Å². The van der Waals surface area contributed by atoms with Crippen LogP contribution in [0, 0.1) is 6.92 Å².